The van der Waals surface area contributed by atoms with E-state index in [2.05, 4.69) is 25.3 Å². The topological polar surface area (TPSA) is 195 Å². The highest BCUT2D eigenvalue weighted by molar-refractivity contribution is 7.91. The lowest BCUT2D eigenvalue weighted by Gasteiger charge is -2.30. The Kier molecular flexibility index (Phi) is 10.8. The van der Waals surface area contributed by atoms with E-state index in [1.54, 1.807) is 12.2 Å². The maximum Gasteiger partial charge on any atom is 0.438 e. The molecule has 1 aromatic heterocycles. The predicted octanol–water partition coefficient (Wildman–Crippen LogP) is 4.54. The predicted molar refractivity (Wildman–Crippen MR) is 197 cm³/mol. The molecule has 4 fully saturated rings. The second-order valence-electron chi connectivity index (χ2n) is 16.6. The first-order valence-corrected chi connectivity index (χ1v) is 20.9. The number of allylic oxidation sites excluding steroid dienone is 1. The van der Waals surface area contributed by atoms with Gasteiger partial charge in [0.05, 0.1) is 34.8 Å². The van der Waals surface area contributed by atoms with Gasteiger partial charge < -0.3 is 29.7 Å². The number of nitrogens with zero attached hydrogens (tertiary/aromatic N) is 3. The summed E-state index contributed by atoms with van der Waals surface area (Å²) in [6.07, 6.45) is -2.15. The quantitative estimate of drug-likeness (QED) is 0.237. The fourth-order valence-electron chi connectivity index (χ4n) is 7.53. The van der Waals surface area contributed by atoms with Crippen molar-refractivity contribution in [2.75, 3.05) is 20.3 Å². The highest BCUT2D eigenvalue weighted by atomic mass is 32.2. The van der Waals surface area contributed by atoms with Gasteiger partial charge in [-0.3, -0.25) is 19.1 Å². The van der Waals surface area contributed by atoms with Crippen molar-refractivity contribution in [2.45, 2.75) is 119 Å². The highest BCUT2D eigenvalue weighted by Crippen LogP contribution is 2.60. The molecule has 3 saturated carbocycles. The number of carbonyl (C=O) groups is 4. The molecule has 0 spiro atoms. The summed E-state index contributed by atoms with van der Waals surface area (Å²) in [5.74, 6) is -7.09. The van der Waals surface area contributed by atoms with Crippen molar-refractivity contribution in [1.82, 2.24) is 30.2 Å². The van der Waals surface area contributed by atoms with Crippen molar-refractivity contribution in [1.29, 1.82) is 0 Å². The fraction of sp³-hybridized carbons (Fsp3) is 0.632. The van der Waals surface area contributed by atoms with E-state index in [0.29, 0.717) is 38.5 Å². The SMILES string of the molecule is COc1ccc2nc(C(F)(F)F)c(O[C@@H]3C[C@H]4C(=O)N[C@]5(C(=O)NS(=O)(=O)C6(C)CC6)C[C@H]5/C=C\CCCCC[C@H](NC(=O)OCC5(C)CC5(F)F)C(=O)N4C3)nc2c1. The Morgan fingerprint density at radius 1 is 1.07 bits per heavy atom. The van der Waals surface area contributed by atoms with E-state index >= 15 is 0 Å². The Balaban J connectivity index is 1.20. The molecule has 6 atom stereocenters. The van der Waals surface area contributed by atoms with Crippen molar-refractivity contribution in [3.05, 3.63) is 36.0 Å². The molecule has 5 aliphatic rings. The second kappa shape index (κ2) is 15.0. The second-order valence-corrected chi connectivity index (χ2v) is 18.8. The number of carbonyl (C=O) groups excluding carboxylic acids is 4. The number of alkyl carbamates (subject to hydrolysis) is 1. The van der Waals surface area contributed by atoms with Crippen LogP contribution in [-0.2, 0) is 35.3 Å². The van der Waals surface area contributed by atoms with Gasteiger partial charge in [-0.2, -0.15) is 13.2 Å². The summed E-state index contributed by atoms with van der Waals surface area (Å²) in [4.78, 5) is 64.4. The molecule has 2 aromatic rings. The molecule has 3 N–H and O–H groups in total. The van der Waals surface area contributed by atoms with Crippen molar-refractivity contribution >= 4 is 44.9 Å². The minimum Gasteiger partial charge on any atom is -0.497 e. The molecular formula is C38H45F5N6O9S. The van der Waals surface area contributed by atoms with E-state index < -0.39 is 123 Å². The van der Waals surface area contributed by atoms with E-state index in [1.165, 1.54) is 39.2 Å². The first-order valence-electron chi connectivity index (χ1n) is 19.4. The lowest BCUT2D eigenvalue weighted by Crippen LogP contribution is -2.58. The molecular weight excluding hydrogens is 812 g/mol. The van der Waals surface area contributed by atoms with Crippen LogP contribution in [0.5, 0.6) is 11.6 Å². The van der Waals surface area contributed by atoms with Crippen LogP contribution in [0.25, 0.3) is 11.0 Å². The molecule has 59 heavy (non-hydrogen) atoms. The number of sulfonamides is 1. The van der Waals surface area contributed by atoms with E-state index in [0.717, 1.165) is 4.90 Å². The van der Waals surface area contributed by atoms with Crippen molar-refractivity contribution in [2.24, 2.45) is 11.3 Å². The molecule has 4 amide bonds. The molecule has 1 aromatic carbocycles. The van der Waals surface area contributed by atoms with Gasteiger partial charge in [0.15, 0.2) is 0 Å². The first-order chi connectivity index (χ1) is 27.6. The smallest absolute Gasteiger partial charge is 0.438 e. The van der Waals surface area contributed by atoms with Crippen LogP contribution in [0.2, 0.25) is 0 Å². The number of rotatable bonds is 9. The zero-order chi connectivity index (χ0) is 42.8. The van der Waals surface area contributed by atoms with E-state index in [-0.39, 0.29) is 29.6 Å². The summed E-state index contributed by atoms with van der Waals surface area (Å²) >= 11 is 0. The molecule has 7 rings (SSSR count). The third-order valence-electron chi connectivity index (χ3n) is 12.0. The number of hydrogen-bond acceptors (Lipinski definition) is 11. The van der Waals surface area contributed by atoms with Crippen LogP contribution >= 0.6 is 0 Å². The molecule has 15 nitrogen and oxygen atoms in total. The van der Waals surface area contributed by atoms with E-state index in [9.17, 15) is 49.5 Å². The van der Waals surface area contributed by atoms with Gasteiger partial charge in [-0.05, 0) is 57.6 Å². The van der Waals surface area contributed by atoms with Gasteiger partial charge in [0, 0.05) is 24.8 Å². The Hall–Kier alpha value is -4.82. The van der Waals surface area contributed by atoms with Crippen LogP contribution in [0.4, 0.5) is 26.7 Å². The maximum absolute atomic E-state index is 14.4. The number of hydrogen-bond donors (Lipinski definition) is 3. The summed E-state index contributed by atoms with van der Waals surface area (Å²) in [5.41, 5.74) is -4.91. The number of ether oxygens (including phenoxy) is 3. The molecule has 0 bridgehead atoms. The van der Waals surface area contributed by atoms with Crippen LogP contribution < -0.4 is 24.8 Å². The maximum atomic E-state index is 14.4. The number of nitrogens with one attached hydrogen (secondary N) is 3. The molecule has 0 radical (unpaired) electrons. The van der Waals surface area contributed by atoms with Crippen LogP contribution in [-0.4, -0.2) is 102 Å². The van der Waals surface area contributed by atoms with Crippen molar-refractivity contribution in [3.63, 3.8) is 0 Å². The average molecular weight is 857 g/mol. The summed E-state index contributed by atoms with van der Waals surface area (Å²) in [7, 11) is -2.78. The number of methoxy groups -OCH3 is 1. The van der Waals surface area contributed by atoms with Crippen LogP contribution in [0.15, 0.2) is 30.4 Å². The molecule has 1 saturated heterocycles. The molecule has 3 aliphatic carbocycles. The molecule has 2 aliphatic heterocycles. The normalized spacial score (nSPS) is 30.7. The number of amides is 4. The van der Waals surface area contributed by atoms with E-state index in [4.69, 9.17) is 14.2 Å². The van der Waals surface area contributed by atoms with Crippen molar-refractivity contribution in [3.8, 4) is 11.6 Å². The number of alkyl halides is 5. The lowest BCUT2D eigenvalue weighted by atomic mass is 10.0. The molecule has 1 unspecified atom stereocenters. The first kappa shape index (κ1) is 42.3. The fourth-order valence-corrected chi connectivity index (χ4v) is 8.84. The summed E-state index contributed by atoms with van der Waals surface area (Å²) in [6, 6.07) is 1.14. The minimum absolute atomic E-state index is 0.00889. The van der Waals surface area contributed by atoms with Crippen LogP contribution in [0.1, 0.15) is 83.7 Å². The Bertz CT molecular complexity index is 2190. The summed E-state index contributed by atoms with van der Waals surface area (Å²) in [6.45, 7) is 1.60. The van der Waals surface area contributed by atoms with Crippen LogP contribution in [0, 0.1) is 11.3 Å². The summed E-state index contributed by atoms with van der Waals surface area (Å²) in [5, 5.41) is 5.10. The number of halogens is 5. The molecule has 21 heteroatoms. The minimum atomic E-state index is -5.05. The largest absolute Gasteiger partial charge is 0.497 e. The van der Waals surface area contributed by atoms with Gasteiger partial charge in [0.25, 0.3) is 11.8 Å². The number of fused-ring (bicyclic) bond motifs is 3. The highest BCUT2D eigenvalue weighted by Gasteiger charge is 2.68. The van der Waals surface area contributed by atoms with Gasteiger partial charge in [0.1, 0.15) is 36.1 Å². The third kappa shape index (κ3) is 8.48. The van der Waals surface area contributed by atoms with Gasteiger partial charge in [-0.25, -0.2) is 32.0 Å². The Labute approximate surface area is 336 Å². The molecule has 3 heterocycles. The number of benzene rings is 1. The lowest BCUT2D eigenvalue weighted by molar-refractivity contribution is -0.143. The zero-order valence-electron chi connectivity index (χ0n) is 32.5. The van der Waals surface area contributed by atoms with Gasteiger partial charge in [-0.1, -0.05) is 31.9 Å². The van der Waals surface area contributed by atoms with E-state index in [1.807, 2.05) is 0 Å². The van der Waals surface area contributed by atoms with Crippen molar-refractivity contribution < 1.29 is 63.8 Å². The Morgan fingerprint density at radius 2 is 1.80 bits per heavy atom. The van der Waals surface area contributed by atoms with Gasteiger partial charge in [-0.15, -0.1) is 0 Å². The number of aromatic nitrogens is 2. The van der Waals surface area contributed by atoms with Gasteiger partial charge in [0.2, 0.25) is 33.4 Å². The average Bonchev–Trinajstić information content (AvgIpc) is 4.10. The zero-order valence-corrected chi connectivity index (χ0v) is 33.3. The summed E-state index contributed by atoms with van der Waals surface area (Å²) < 4.78 is 114. The third-order valence-corrected chi connectivity index (χ3v) is 14.2. The monoisotopic (exact) mass is 856 g/mol. The molecule has 322 valence electrons. The van der Waals surface area contributed by atoms with Gasteiger partial charge >= 0.3 is 12.3 Å². The standard InChI is InChI=1S/C38H45F5N6O9S/c1-34(19-37(34,39)40)20-57-33(53)46-25-10-8-6-4-5-7-9-21-17-36(21,32(52)48-59(54,55)35(2)13-14-35)47-29(50)27-16-23(18-49(27)31(25)51)58-30-28(38(41,42)43)44-24-12-11-22(56-3)15-26(24)45-30/h7,9,11-12,15,21,23,25,27H,4-6,8,10,13-14,16-20H2,1-3H3,(H,46,53)(H,47,50)(H,48,52)/b9-7-/t21-,23-,25+,27+,34?,36-/m1/s1. The Morgan fingerprint density at radius 3 is 2.46 bits per heavy atom. The van der Waals surface area contributed by atoms with Crippen LogP contribution in [0.3, 0.4) is 0 Å².